The second-order valence-corrected chi connectivity index (χ2v) is 7.87. The number of hydrogen-bond donors (Lipinski definition) is 2. The molecule has 1 heterocycles. The Labute approximate surface area is 107 Å². The monoisotopic (exact) mass is 276 g/mol. The van der Waals surface area contributed by atoms with E-state index < -0.39 is 27.0 Å². The fraction of sp³-hybridized carbons (Fsp3) is 0.818. The largest absolute Gasteiger partial charge is 0.481 e. The molecule has 0 unspecified atom stereocenters. The summed E-state index contributed by atoms with van der Waals surface area (Å²) in [6.07, 6.45) is -0.0826. The number of nitrogens with zero attached hydrogens (tertiary/aromatic N) is 1. The maximum Gasteiger partial charge on any atom is 0.303 e. The lowest BCUT2D eigenvalue weighted by atomic mass is 9.85. The molecule has 0 aliphatic carbocycles. The Morgan fingerprint density at radius 1 is 1.28 bits per heavy atom. The third-order valence-corrected chi connectivity index (χ3v) is 4.94. The van der Waals surface area contributed by atoms with Gasteiger partial charge in [0.2, 0.25) is 0 Å². The first-order valence-electron chi connectivity index (χ1n) is 5.90. The zero-order chi connectivity index (χ0) is 13.8. The van der Waals surface area contributed by atoms with E-state index in [1.165, 1.54) is 0 Å². The van der Waals surface area contributed by atoms with Gasteiger partial charge in [-0.2, -0.15) is 4.36 Å². The minimum atomic E-state index is -2.42. The zero-order valence-electron chi connectivity index (χ0n) is 10.8. The lowest BCUT2D eigenvalue weighted by Gasteiger charge is -2.21. The van der Waals surface area contributed by atoms with Gasteiger partial charge in [-0.1, -0.05) is 13.8 Å². The van der Waals surface area contributed by atoms with Crippen LogP contribution in [0.25, 0.3) is 0 Å². The Morgan fingerprint density at radius 2 is 1.83 bits per heavy atom. The van der Waals surface area contributed by atoms with Crippen LogP contribution >= 0.6 is 0 Å². The summed E-state index contributed by atoms with van der Waals surface area (Å²) in [6, 6.07) is 0. The van der Waals surface area contributed by atoms with Crippen LogP contribution in [-0.4, -0.2) is 45.8 Å². The molecule has 18 heavy (non-hydrogen) atoms. The van der Waals surface area contributed by atoms with E-state index in [4.69, 9.17) is 5.11 Å². The maximum atomic E-state index is 12.2. The Hall–Kier alpha value is -0.950. The lowest BCUT2D eigenvalue weighted by molar-refractivity contribution is -0.139. The predicted molar refractivity (Wildman–Crippen MR) is 68.8 cm³/mol. The normalized spacial score (nSPS) is 19.2. The van der Waals surface area contributed by atoms with E-state index in [2.05, 4.69) is 9.68 Å². The standard InChI is InChI=1S/C11H20N2O4S/c1-11(2,8-10(15)16)7-9(14)13-18(17)5-3-12-4-6-18/h12H,3-8H2,1-2H3,(H,15,16). The summed E-state index contributed by atoms with van der Waals surface area (Å²) in [4.78, 5) is 22.4. The van der Waals surface area contributed by atoms with E-state index in [1.54, 1.807) is 13.8 Å². The van der Waals surface area contributed by atoms with Crippen LogP contribution in [0.1, 0.15) is 26.7 Å². The average molecular weight is 276 g/mol. The van der Waals surface area contributed by atoms with Crippen LogP contribution < -0.4 is 5.32 Å². The van der Waals surface area contributed by atoms with Gasteiger partial charge >= 0.3 is 5.97 Å². The van der Waals surface area contributed by atoms with Gasteiger partial charge in [-0.3, -0.25) is 9.59 Å². The number of nitrogens with one attached hydrogen (secondary N) is 1. The first kappa shape index (κ1) is 15.1. The van der Waals surface area contributed by atoms with Crippen LogP contribution in [0, 0.1) is 5.41 Å². The first-order valence-corrected chi connectivity index (χ1v) is 7.76. The Balaban J connectivity index is 2.68. The van der Waals surface area contributed by atoms with Gasteiger partial charge in [0.25, 0.3) is 5.91 Å². The van der Waals surface area contributed by atoms with Gasteiger partial charge in [-0.15, -0.1) is 0 Å². The summed E-state index contributed by atoms with van der Waals surface area (Å²) in [5.41, 5.74) is -0.658. The number of carboxylic acid groups (broad SMARTS) is 1. The fourth-order valence-corrected chi connectivity index (χ4v) is 3.63. The van der Waals surface area contributed by atoms with Gasteiger partial charge in [-0.05, 0) is 5.41 Å². The van der Waals surface area contributed by atoms with Crippen molar-refractivity contribution in [3.8, 4) is 0 Å². The lowest BCUT2D eigenvalue weighted by Crippen LogP contribution is -2.36. The molecule has 0 saturated carbocycles. The Morgan fingerprint density at radius 3 is 2.33 bits per heavy atom. The maximum absolute atomic E-state index is 12.2. The number of amides is 1. The van der Waals surface area contributed by atoms with Crippen LogP contribution in [0.3, 0.4) is 0 Å². The molecular weight excluding hydrogens is 256 g/mol. The van der Waals surface area contributed by atoms with E-state index >= 15 is 0 Å². The Bertz CT molecular complexity index is 438. The molecular formula is C11H20N2O4S. The molecule has 6 nitrogen and oxygen atoms in total. The molecule has 1 aliphatic heterocycles. The second-order valence-electron chi connectivity index (χ2n) is 5.33. The van der Waals surface area contributed by atoms with Crippen molar-refractivity contribution >= 4 is 21.6 Å². The minimum absolute atomic E-state index is 0.0176. The number of hydrogen-bond acceptors (Lipinski definition) is 4. The van der Waals surface area contributed by atoms with Crippen molar-refractivity contribution in [1.82, 2.24) is 5.32 Å². The number of carboxylic acids is 1. The number of aliphatic carboxylic acids is 1. The molecule has 0 atom stereocenters. The highest BCUT2D eigenvalue weighted by molar-refractivity contribution is 7.94. The molecule has 2 N–H and O–H groups in total. The number of carbonyl (C=O) groups is 2. The molecule has 0 aromatic carbocycles. The molecule has 0 aromatic heterocycles. The van der Waals surface area contributed by atoms with E-state index in [0.29, 0.717) is 24.6 Å². The van der Waals surface area contributed by atoms with Crippen molar-refractivity contribution in [2.24, 2.45) is 9.78 Å². The van der Waals surface area contributed by atoms with Crippen LogP contribution in [-0.2, 0) is 19.3 Å². The second kappa shape index (κ2) is 5.79. The van der Waals surface area contributed by atoms with Gasteiger partial charge in [0, 0.05) is 31.0 Å². The average Bonchev–Trinajstić information content (AvgIpc) is 2.13. The van der Waals surface area contributed by atoms with Gasteiger partial charge in [-0.25, -0.2) is 4.21 Å². The summed E-state index contributed by atoms with van der Waals surface area (Å²) < 4.78 is 16.0. The Kier molecular flexibility index (Phi) is 4.86. The van der Waals surface area contributed by atoms with Crippen LogP contribution in [0.4, 0.5) is 0 Å². The van der Waals surface area contributed by atoms with Crippen molar-refractivity contribution in [3.05, 3.63) is 0 Å². The predicted octanol–water partition coefficient (Wildman–Crippen LogP) is 0.475. The highest BCUT2D eigenvalue weighted by Crippen LogP contribution is 2.25. The fourth-order valence-electron chi connectivity index (χ4n) is 1.88. The SMILES string of the molecule is CC(C)(CC(=O)O)CC(=O)N=S1(=O)CCNCC1. The summed E-state index contributed by atoms with van der Waals surface area (Å²) in [5, 5.41) is 11.8. The summed E-state index contributed by atoms with van der Waals surface area (Å²) >= 11 is 0. The molecule has 0 spiro atoms. The molecule has 0 radical (unpaired) electrons. The molecule has 104 valence electrons. The molecule has 0 aromatic rings. The van der Waals surface area contributed by atoms with Gasteiger partial charge in [0.05, 0.1) is 16.1 Å². The third-order valence-electron chi connectivity index (χ3n) is 2.72. The van der Waals surface area contributed by atoms with Crippen LogP contribution in [0.5, 0.6) is 0 Å². The van der Waals surface area contributed by atoms with Crippen molar-refractivity contribution in [1.29, 1.82) is 0 Å². The third kappa shape index (κ3) is 5.14. The highest BCUT2D eigenvalue weighted by Gasteiger charge is 2.26. The molecule has 7 heteroatoms. The topological polar surface area (TPSA) is 95.8 Å². The summed E-state index contributed by atoms with van der Waals surface area (Å²) in [7, 11) is -2.42. The number of rotatable bonds is 4. The summed E-state index contributed by atoms with van der Waals surface area (Å²) in [6.45, 7) is 4.61. The first-order chi connectivity index (χ1) is 8.22. The highest BCUT2D eigenvalue weighted by atomic mass is 32.2. The molecule has 1 amide bonds. The molecule has 0 bridgehead atoms. The zero-order valence-corrected chi connectivity index (χ0v) is 11.6. The molecule has 1 aliphatic rings. The minimum Gasteiger partial charge on any atom is -0.481 e. The smallest absolute Gasteiger partial charge is 0.303 e. The van der Waals surface area contributed by atoms with Crippen molar-refractivity contribution in [2.75, 3.05) is 24.6 Å². The van der Waals surface area contributed by atoms with Gasteiger partial charge < -0.3 is 10.4 Å². The van der Waals surface area contributed by atoms with Crippen molar-refractivity contribution in [3.63, 3.8) is 0 Å². The van der Waals surface area contributed by atoms with E-state index in [9.17, 15) is 13.8 Å². The van der Waals surface area contributed by atoms with Crippen LogP contribution in [0.15, 0.2) is 4.36 Å². The van der Waals surface area contributed by atoms with Gasteiger partial charge in [0.1, 0.15) is 0 Å². The van der Waals surface area contributed by atoms with Crippen LogP contribution in [0.2, 0.25) is 0 Å². The van der Waals surface area contributed by atoms with E-state index in [0.717, 1.165) is 0 Å². The molecule has 1 saturated heterocycles. The number of carbonyl (C=O) groups excluding carboxylic acids is 1. The van der Waals surface area contributed by atoms with E-state index in [1.807, 2.05) is 0 Å². The summed E-state index contributed by atoms with van der Waals surface area (Å²) in [5.74, 6) is -0.622. The van der Waals surface area contributed by atoms with Gasteiger partial charge in [0.15, 0.2) is 0 Å². The van der Waals surface area contributed by atoms with Crippen molar-refractivity contribution in [2.45, 2.75) is 26.7 Å². The molecule has 1 fully saturated rings. The van der Waals surface area contributed by atoms with E-state index in [-0.39, 0.29) is 12.8 Å². The quantitative estimate of drug-likeness (QED) is 0.778. The van der Waals surface area contributed by atoms with Crippen molar-refractivity contribution < 1.29 is 18.9 Å². The molecule has 1 rings (SSSR count).